The maximum atomic E-state index is 12.8. The van der Waals surface area contributed by atoms with Crippen molar-refractivity contribution in [1.29, 1.82) is 0 Å². The SMILES string of the molecule is COC1CN(CC(C(N)=S)C(F)(F)F)CCC1C. The fourth-order valence-corrected chi connectivity index (χ4v) is 2.39. The van der Waals surface area contributed by atoms with Crippen molar-refractivity contribution < 1.29 is 17.9 Å². The van der Waals surface area contributed by atoms with E-state index in [2.05, 4.69) is 12.2 Å². The Hall–Kier alpha value is -0.400. The van der Waals surface area contributed by atoms with Crippen molar-refractivity contribution in [3.63, 3.8) is 0 Å². The van der Waals surface area contributed by atoms with E-state index in [0.717, 1.165) is 6.42 Å². The summed E-state index contributed by atoms with van der Waals surface area (Å²) >= 11 is 4.51. The molecular formula is C11H19F3N2OS. The Morgan fingerprint density at radius 2 is 2.17 bits per heavy atom. The van der Waals surface area contributed by atoms with Gasteiger partial charge in [-0.3, -0.25) is 4.90 Å². The van der Waals surface area contributed by atoms with E-state index in [1.165, 1.54) is 0 Å². The molecule has 0 saturated carbocycles. The number of halogens is 3. The molecule has 0 bridgehead atoms. The van der Waals surface area contributed by atoms with Gasteiger partial charge in [-0.25, -0.2) is 0 Å². The van der Waals surface area contributed by atoms with Crippen LogP contribution < -0.4 is 5.73 Å². The van der Waals surface area contributed by atoms with Crippen LogP contribution in [0.2, 0.25) is 0 Å². The van der Waals surface area contributed by atoms with Gasteiger partial charge in [0.05, 0.1) is 11.1 Å². The molecule has 0 aromatic carbocycles. The second kappa shape index (κ2) is 6.16. The molecular weight excluding hydrogens is 265 g/mol. The zero-order valence-electron chi connectivity index (χ0n) is 10.5. The quantitative estimate of drug-likeness (QED) is 0.799. The number of nitrogens with two attached hydrogens (primary N) is 1. The highest BCUT2D eigenvalue weighted by Crippen LogP contribution is 2.29. The Morgan fingerprint density at radius 3 is 2.61 bits per heavy atom. The van der Waals surface area contributed by atoms with Crippen LogP contribution in [0, 0.1) is 11.8 Å². The predicted octanol–water partition coefficient (Wildman–Crippen LogP) is 1.81. The Morgan fingerprint density at radius 1 is 1.56 bits per heavy atom. The van der Waals surface area contributed by atoms with Gasteiger partial charge in [-0.2, -0.15) is 13.2 Å². The highest BCUT2D eigenvalue weighted by atomic mass is 32.1. The van der Waals surface area contributed by atoms with Crippen molar-refractivity contribution in [2.75, 3.05) is 26.7 Å². The molecule has 1 saturated heterocycles. The van der Waals surface area contributed by atoms with Gasteiger partial charge in [-0.1, -0.05) is 19.1 Å². The molecule has 1 fully saturated rings. The Kier molecular flexibility index (Phi) is 5.36. The summed E-state index contributed by atoms with van der Waals surface area (Å²) in [4.78, 5) is 1.24. The van der Waals surface area contributed by atoms with Crippen LogP contribution in [0.25, 0.3) is 0 Å². The number of hydrogen-bond acceptors (Lipinski definition) is 3. The number of piperidine rings is 1. The number of ether oxygens (including phenoxy) is 1. The van der Waals surface area contributed by atoms with Gasteiger partial charge >= 0.3 is 6.18 Å². The van der Waals surface area contributed by atoms with E-state index in [1.807, 2.05) is 6.92 Å². The van der Waals surface area contributed by atoms with Gasteiger partial charge in [0.15, 0.2) is 0 Å². The number of thiocarbonyl (C=S) groups is 1. The molecule has 1 aliphatic heterocycles. The fraction of sp³-hybridized carbons (Fsp3) is 0.909. The minimum Gasteiger partial charge on any atom is -0.393 e. The van der Waals surface area contributed by atoms with E-state index < -0.39 is 17.1 Å². The second-order valence-electron chi connectivity index (χ2n) is 4.80. The molecule has 0 amide bonds. The molecule has 106 valence electrons. The molecule has 0 aromatic heterocycles. The average Bonchev–Trinajstić information content (AvgIpc) is 2.25. The van der Waals surface area contributed by atoms with Crippen molar-refractivity contribution in [2.24, 2.45) is 17.6 Å². The maximum absolute atomic E-state index is 12.8. The first-order chi connectivity index (χ1) is 8.25. The first kappa shape index (κ1) is 15.7. The molecule has 1 heterocycles. The average molecular weight is 284 g/mol. The van der Waals surface area contributed by atoms with Crippen LogP contribution in [-0.2, 0) is 4.74 Å². The number of rotatable bonds is 4. The normalized spacial score (nSPS) is 28.1. The Labute approximate surface area is 110 Å². The van der Waals surface area contributed by atoms with Gasteiger partial charge in [0.1, 0.15) is 5.92 Å². The van der Waals surface area contributed by atoms with Gasteiger partial charge in [0.25, 0.3) is 0 Å². The molecule has 3 nitrogen and oxygen atoms in total. The number of likely N-dealkylation sites (tertiary alicyclic amines) is 1. The molecule has 1 rings (SSSR count). The molecule has 18 heavy (non-hydrogen) atoms. The van der Waals surface area contributed by atoms with E-state index in [1.54, 1.807) is 12.0 Å². The fourth-order valence-electron chi connectivity index (χ4n) is 2.18. The molecule has 3 atom stereocenters. The summed E-state index contributed by atoms with van der Waals surface area (Å²) in [6.45, 7) is 2.98. The third-order valence-electron chi connectivity index (χ3n) is 3.46. The summed E-state index contributed by atoms with van der Waals surface area (Å²) in [6.07, 6.45) is -3.59. The lowest BCUT2D eigenvalue weighted by atomic mass is 9.95. The van der Waals surface area contributed by atoms with Gasteiger partial charge in [0, 0.05) is 20.2 Å². The Bertz CT molecular complexity index is 299. The molecule has 3 unspecified atom stereocenters. The summed E-state index contributed by atoms with van der Waals surface area (Å²) in [5, 5.41) is 0. The van der Waals surface area contributed by atoms with Crippen LogP contribution in [0.3, 0.4) is 0 Å². The minimum absolute atomic E-state index is 0.0287. The Balaban J connectivity index is 2.63. The number of nitrogens with zero attached hydrogens (tertiary/aromatic N) is 1. The molecule has 1 aliphatic rings. The van der Waals surface area contributed by atoms with Crippen LogP contribution in [0.15, 0.2) is 0 Å². The zero-order chi connectivity index (χ0) is 13.9. The van der Waals surface area contributed by atoms with Gasteiger partial charge in [0.2, 0.25) is 0 Å². The monoisotopic (exact) mass is 284 g/mol. The van der Waals surface area contributed by atoms with E-state index in [4.69, 9.17) is 10.5 Å². The summed E-state index contributed by atoms with van der Waals surface area (Å²) in [7, 11) is 1.58. The van der Waals surface area contributed by atoms with Crippen LogP contribution in [0.5, 0.6) is 0 Å². The maximum Gasteiger partial charge on any atom is 0.399 e. The van der Waals surface area contributed by atoms with Crippen LogP contribution in [-0.4, -0.2) is 48.9 Å². The van der Waals surface area contributed by atoms with Gasteiger partial charge < -0.3 is 10.5 Å². The lowest BCUT2D eigenvalue weighted by Gasteiger charge is -2.37. The van der Waals surface area contributed by atoms with Gasteiger partial charge in [-0.05, 0) is 18.9 Å². The van der Waals surface area contributed by atoms with Crippen molar-refractivity contribution in [2.45, 2.75) is 25.6 Å². The van der Waals surface area contributed by atoms with Crippen LogP contribution in [0.1, 0.15) is 13.3 Å². The first-order valence-electron chi connectivity index (χ1n) is 5.87. The summed E-state index contributed by atoms with van der Waals surface area (Å²) in [5.74, 6) is -1.38. The van der Waals surface area contributed by atoms with Crippen LogP contribution in [0.4, 0.5) is 13.2 Å². The first-order valence-corrected chi connectivity index (χ1v) is 6.27. The smallest absolute Gasteiger partial charge is 0.393 e. The number of hydrogen-bond donors (Lipinski definition) is 1. The lowest BCUT2D eigenvalue weighted by molar-refractivity contribution is -0.161. The number of methoxy groups -OCH3 is 1. The zero-order valence-corrected chi connectivity index (χ0v) is 11.4. The van der Waals surface area contributed by atoms with Gasteiger partial charge in [-0.15, -0.1) is 0 Å². The summed E-state index contributed by atoms with van der Waals surface area (Å²) < 4.78 is 43.5. The molecule has 7 heteroatoms. The standard InChI is InChI=1S/C11H19F3N2OS/c1-7-3-4-16(6-9(7)17-2)5-8(10(15)18)11(12,13)14/h7-9H,3-6H2,1-2H3,(H2,15,18). The third kappa shape index (κ3) is 4.07. The molecule has 0 aromatic rings. The minimum atomic E-state index is -4.38. The lowest BCUT2D eigenvalue weighted by Crippen LogP contribution is -2.49. The molecule has 0 aliphatic carbocycles. The highest BCUT2D eigenvalue weighted by molar-refractivity contribution is 7.80. The largest absolute Gasteiger partial charge is 0.399 e. The molecule has 0 radical (unpaired) electrons. The highest BCUT2D eigenvalue weighted by Gasteiger charge is 2.43. The molecule has 0 spiro atoms. The van der Waals surface area contributed by atoms with E-state index in [-0.39, 0.29) is 12.6 Å². The third-order valence-corrected chi connectivity index (χ3v) is 3.74. The summed E-state index contributed by atoms with van der Waals surface area (Å²) in [5.41, 5.74) is 5.19. The second-order valence-corrected chi connectivity index (χ2v) is 5.27. The van der Waals surface area contributed by atoms with E-state index >= 15 is 0 Å². The topological polar surface area (TPSA) is 38.5 Å². The molecule has 2 N–H and O–H groups in total. The summed E-state index contributed by atoms with van der Waals surface area (Å²) in [6, 6.07) is 0. The van der Waals surface area contributed by atoms with Crippen molar-refractivity contribution >= 4 is 17.2 Å². The van der Waals surface area contributed by atoms with Crippen molar-refractivity contribution in [1.82, 2.24) is 4.90 Å². The predicted molar refractivity (Wildman–Crippen MR) is 67.3 cm³/mol. The van der Waals surface area contributed by atoms with Crippen molar-refractivity contribution in [3.05, 3.63) is 0 Å². The van der Waals surface area contributed by atoms with E-state index in [0.29, 0.717) is 19.0 Å². The number of alkyl halides is 3. The van der Waals surface area contributed by atoms with Crippen LogP contribution >= 0.6 is 12.2 Å². The van der Waals surface area contributed by atoms with E-state index in [9.17, 15) is 13.2 Å². The van der Waals surface area contributed by atoms with Crippen molar-refractivity contribution in [3.8, 4) is 0 Å².